The second kappa shape index (κ2) is 3.75. The van der Waals surface area contributed by atoms with E-state index in [9.17, 15) is 13.5 Å². The summed E-state index contributed by atoms with van der Waals surface area (Å²) < 4.78 is 23.0. The van der Waals surface area contributed by atoms with Crippen LogP contribution in [0.4, 0.5) is 0 Å². The maximum Gasteiger partial charge on any atom is 0.153 e. The lowest BCUT2D eigenvalue weighted by molar-refractivity contribution is 0.0467. The molecule has 4 nitrogen and oxygen atoms in total. The Labute approximate surface area is 94.5 Å². The van der Waals surface area contributed by atoms with Gasteiger partial charge in [-0.3, -0.25) is 0 Å². The Morgan fingerprint density at radius 3 is 2.38 bits per heavy atom. The quantitative estimate of drug-likeness (QED) is 0.763. The number of sulfone groups is 1. The highest BCUT2D eigenvalue weighted by molar-refractivity contribution is 7.91. The Morgan fingerprint density at radius 2 is 1.81 bits per heavy atom. The van der Waals surface area contributed by atoms with E-state index in [4.69, 9.17) is 5.11 Å². The molecule has 1 aliphatic heterocycles. The van der Waals surface area contributed by atoms with E-state index in [0.29, 0.717) is 18.4 Å². The maximum atomic E-state index is 11.5. The van der Waals surface area contributed by atoms with E-state index in [2.05, 4.69) is 0 Å². The van der Waals surface area contributed by atoms with Crippen molar-refractivity contribution in [2.45, 2.75) is 18.4 Å². The van der Waals surface area contributed by atoms with Crippen molar-refractivity contribution in [1.29, 1.82) is 0 Å². The highest BCUT2D eigenvalue weighted by atomic mass is 32.2. The van der Waals surface area contributed by atoms with Gasteiger partial charge in [0.15, 0.2) is 9.84 Å². The summed E-state index contributed by atoms with van der Waals surface area (Å²) in [7, 11) is -3.16. The molecule has 0 radical (unpaired) electrons. The molecule has 5 heteroatoms. The molecular weight excluding hydrogens is 228 g/mol. The van der Waals surface area contributed by atoms with E-state index in [0.717, 1.165) is 0 Å². The predicted molar refractivity (Wildman–Crippen MR) is 59.9 cm³/mol. The Kier molecular flexibility index (Phi) is 2.67. The lowest BCUT2D eigenvalue weighted by Gasteiger charge is -2.32. The number of hydrogen-bond acceptors (Lipinski definition) is 4. The van der Waals surface area contributed by atoms with Crippen molar-refractivity contribution < 1.29 is 18.6 Å². The van der Waals surface area contributed by atoms with Gasteiger partial charge >= 0.3 is 0 Å². The monoisotopic (exact) mass is 242 g/mol. The molecule has 1 unspecified atom stereocenters. The Bertz CT molecular complexity index is 477. The van der Waals surface area contributed by atoms with Crippen LogP contribution in [0.3, 0.4) is 0 Å². The molecule has 1 saturated heterocycles. The van der Waals surface area contributed by atoms with Gasteiger partial charge in [0.2, 0.25) is 0 Å². The molecule has 0 bridgehead atoms. The van der Waals surface area contributed by atoms with Gasteiger partial charge < -0.3 is 10.2 Å². The zero-order chi connectivity index (χ0) is 11.8. The number of phenolic OH excluding ortho intramolecular Hbond substituents is 1. The summed E-state index contributed by atoms with van der Waals surface area (Å²) in [4.78, 5) is 0. The predicted octanol–water partition coefficient (Wildman–Crippen LogP) is 0.788. The fourth-order valence-electron chi connectivity index (χ4n) is 2.09. The highest BCUT2D eigenvalue weighted by Gasteiger charge is 2.38. The average Bonchev–Trinajstić information content (AvgIpc) is 2.16. The number of benzene rings is 1. The van der Waals surface area contributed by atoms with Crippen molar-refractivity contribution in [1.82, 2.24) is 0 Å². The molecule has 0 spiro atoms. The second-order valence-corrected chi connectivity index (χ2v) is 6.46. The molecular formula is C11H14O4S. The van der Waals surface area contributed by atoms with E-state index in [1.165, 1.54) is 12.1 Å². The van der Waals surface area contributed by atoms with Crippen LogP contribution >= 0.6 is 0 Å². The van der Waals surface area contributed by atoms with Crippen molar-refractivity contribution in [2.75, 3.05) is 11.5 Å². The van der Waals surface area contributed by atoms with Crippen molar-refractivity contribution in [3.05, 3.63) is 29.8 Å². The van der Waals surface area contributed by atoms with Gasteiger partial charge in [-0.05, 0) is 30.5 Å². The van der Waals surface area contributed by atoms with Gasteiger partial charge in [-0.2, -0.15) is 0 Å². The van der Waals surface area contributed by atoms with Gasteiger partial charge in [-0.15, -0.1) is 0 Å². The SMILES string of the molecule is O=S1(=O)CCCC(O)(c2ccc(O)cc2)C1. The third-order valence-electron chi connectivity index (χ3n) is 2.91. The molecule has 88 valence electrons. The van der Waals surface area contributed by atoms with Crippen LogP contribution in [-0.4, -0.2) is 30.1 Å². The van der Waals surface area contributed by atoms with E-state index in [1.807, 2.05) is 0 Å². The number of hydrogen-bond donors (Lipinski definition) is 2. The molecule has 0 aliphatic carbocycles. The maximum absolute atomic E-state index is 11.5. The molecule has 1 atom stereocenters. The van der Waals surface area contributed by atoms with Crippen LogP contribution in [0.1, 0.15) is 18.4 Å². The minimum Gasteiger partial charge on any atom is -0.508 e. The summed E-state index contributed by atoms with van der Waals surface area (Å²) in [6.45, 7) is 0. The molecule has 1 fully saturated rings. The molecule has 0 aromatic heterocycles. The third-order valence-corrected chi connectivity index (χ3v) is 4.74. The summed E-state index contributed by atoms with van der Waals surface area (Å²) in [5.74, 6) is 0.0176. The highest BCUT2D eigenvalue weighted by Crippen LogP contribution is 2.33. The minimum atomic E-state index is -3.16. The first-order valence-electron chi connectivity index (χ1n) is 5.14. The summed E-state index contributed by atoms with van der Waals surface area (Å²) >= 11 is 0. The molecule has 0 amide bonds. The van der Waals surface area contributed by atoms with E-state index >= 15 is 0 Å². The fourth-order valence-corrected chi connectivity index (χ4v) is 3.86. The van der Waals surface area contributed by atoms with Crippen molar-refractivity contribution in [3.63, 3.8) is 0 Å². The van der Waals surface area contributed by atoms with Crippen LogP contribution in [0.15, 0.2) is 24.3 Å². The molecule has 2 N–H and O–H groups in total. The zero-order valence-electron chi connectivity index (χ0n) is 8.76. The Morgan fingerprint density at radius 1 is 1.19 bits per heavy atom. The van der Waals surface area contributed by atoms with Gasteiger partial charge in [0.05, 0.1) is 11.5 Å². The summed E-state index contributed by atoms with van der Waals surface area (Å²) in [6.07, 6.45) is 0.913. The number of rotatable bonds is 1. The van der Waals surface area contributed by atoms with Gasteiger partial charge in [-0.25, -0.2) is 8.42 Å². The van der Waals surface area contributed by atoms with Crippen LogP contribution in [0.2, 0.25) is 0 Å². The molecule has 1 aliphatic rings. The van der Waals surface area contributed by atoms with E-state index < -0.39 is 15.4 Å². The van der Waals surface area contributed by atoms with Crippen LogP contribution in [0.5, 0.6) is 5.75 Å². The van der Waals surface area contributed by atoms with Crippen LogP contribution in [0.25, 0.3) is 0 Å². The molecule has 0 saturated carbocycles. The van der Waals surface area contributed by atoms with Crippen molar-refractivity contribution in [3.8, 4) is 5.75 Å². The largest absolute Gasteiger partial charge is 0.508 e. The first-order valence-corrected chi connectivity index (χ1v) is 6.96. The first-order chi connectivity index (χ1) is 7.41. The van der Waals surface area contributed by atoms with E-state index in [-0.39, 0.29) is 17.3 Å². The minimum absolute atomic E-state index is 0.103. The smallest absolute Gasteiger partial charge is 0.153 e. The van der Waals surface area contributed by atoms with E-state index in [1.54, 1.807) is 12.1 Å². The first kappa shape index (κ1) is 11.4. The average molecular weight is 242 g/mol. The number of aromatic hydroxyl groups is 1. The fraction of sp³-hybridized carbons (Fsp3) is 0.455. The Balaban J connectivity index is 2.35. The normalized spacial score (nSPS) is 28.8. The molecule has 1 aromatic rings. The van der Waals surface area contributed by atoms with Crippen molar-refractivity contribution in [2.24, 2.45) is 0 Å². The lowest BCUT2D eigenvalue weighted by Crippen LogP contribution is -2.39. The van der Waals surface area contributed by atoms with Gasteiger partial charge in [-0.1, -0.05) is 12.1 Å². The van der Waals surface area contributed by atoms with Crippen LogP contribution in [-0.2, 0) is 15.4 Å². The number of phenols is 1. The zero-order valence-corrected chi connectivity index (χ0v) is 9.57. The molecule has 16 heavy (non-hydrogen) atoms. The topological polar surface area (TPSA) is 74.6 Å². The van der Waals surface area contributed by atoms with Crippen LogP contribution in [0, 0.1) is 0 Å². The lowest BCUT2D eigenvalue weighted by atomic mass is 9.91. The molecule has 1 aromatic carbocycles. The summed E-state index contributed by atoms with van der Waals surface area (Å²) in [5, 5.41) is 19.5. The summed E-state index contributed by atoms with van der Waals surface area (Å²) in [5.41, 5.74) is -0.751. The molecule has 1 heterocycles. The third kappa shape index (κ3) is 2.20. The van der Waals surface area contributed by atoms with Gasteiger partial charge in [0.25, 0.3) is 0 Å². The number of aliphatic hydroxyl groups is 1. The van der Waals surface area contributed by atoms with Gasteiger partial charge in [0.1, 0.15) is 11.4 Å². The van der Waals surface area contributed by atoms with Crippen molar-refractivity contribution >= 4 is 9.84 Å². The van der Waals surface area contributed by atoms with Crippen LogP contribution < -0.4 is 0 Å². The van der Waals surface area contributed by atoms with Gasteiger partial charge in [0, 0.05) is 0 Å². The Hall–Kier alpha value is -1.07. The molecule has 2 rings (SSSR count). The summed E-state index contributed by atoms with van der Waals surface area (Å²) in [6, 6.07) is 6.04. The second-order valence-electron chi connectivity index (χ2n) is 4.27. The standard InChI is InChI=1S/C11H14O4S/c12-10-4-2-9(3-5-10)11(13)6-1-7-16(14,15)8-11/h2-5,12-13H,1,6-8H2.